The van der Waals surface area contributed by atoms with Crippen LogP contribution in [-0.4, -0.2) is 34.3 Å². The highest BCUT2D eigenvalue weighted by Gasteiger charge is 2.12. The van der Waals surface area contributed by atoms with E-state index in [0.29, 0.717) is 6.54 Å². The highest BCUT2D eigenvalue weighted by molar-refractivity contribution is 7.90. The number of hydrogen-bond acceptors (Lipinski definition) is 5. The van der Waals surface area contributed by atoms with Crippen LogP contribution in [0.15, 0.2) is 29.2 Å². The van der Waals surface area contributed by atoms with Gasteiger partial charge in [-0.3, -0.25) is 4.79 Å². The van der Waals surface area contributed by atoms with Crippen molar-refractivity contribution < 1.29 is 17.9 Å². The van der Waals surface area contributed by atoms with Crippen molar-refractivity contribution in [1.29, 1.82) is 0 Å². The molecule has 0 aliphatic heterocycles. The fourth-order valence-corrected chi connectivity index (χ4v) is 2.01. The van der Waals surface area contributed by atoms with Gasteiger partial charge in [-0.2, -0.15) is 0 Å². The molecular formula is C12H17NO4S. The Bertz CT molecular complexity index is 507. The number of ether oxygens (including phenoxy) is 1. The number of benzene rings is 1. The summed E-state index contributed by atoms with van der Waals surface area (Å²) < 4.78 is 27.1. The number of carbonyl (C=O) groups is 1. The van der Waals surface area contributed by atoms with Gasteiger partial charge in [0.15, 0.2) is 9.84 Å². The summed E-state index contributed by atoms with van der Waals surface area (Å²) in [7, 11) is -1.82. The number of anilines is 1. The number of carbonyl (C=O) groups excluding carboxylic acids is 1. The van der Waals surface area contributed by atoms with Crippen LogP contribution in [0.4, 0.5) is 5.69 Å². The Labute approximate surface area is 107 Å². The molecule has 0 radical (unpaired) electrons. The second-order valence-corrected chi connectivity index (χ2v) is 6.12. The predicted molar refractivity (Wildman–Crippen MR) is 69.2 cm³/mol. The topological polar surface area (TPSA) is 72.5 Å². The Balaban J connectivity index is 2.63. The molecule has 0 heterocycles. The van der Waals surface area contributed by atoms with E-state index in [9.17, 15) is 13.2 Å². The van der Waals surface area contributed by atoms with Gasteiger partial charge in [0.2, 0.25) is 0 Å². The molecule has 0 spiro atoms. The van der Waals surface area contributed by atoms with Gasteiger partial charge in [0, 0.05) is 18.5 Å². The Morgan fingerprint density at radius 1 is 1.33 bits per heavy atom. The Kier molecular flexibility index (Phi) is 4.72. The lowest BCUT2D eigenvalue weighted by molar-refractivity contribution is -0.144. The Hall–Kier alpha value is -1.56. The molecule has 0 amide bonds. The van der Waals surface area contributed by atoms with E-state index in [1.165, 1.54) is 19.2 Å². The van der Waals surface area contributed by atoms with Crippen LogP contribution < -0.4 is 5.32 Å². The lowest BCUT2D eigenvalue weighted by Crippen LogP contribution is -2.21. The number of rotatable bonds is 5. The zero-order valence-electron chi connectivity index (χ0n) is 10.6. The third-order valence-electron chi connectivity index (χ3n) is 2.50. The van der Waals surface area contributed by atoms with Gasteiger partial charge in [0.25, 0.3) is 0 Å². The van der Waals surface area contributed by atoms with E-state index in [4.69, 9.17) is 0 Å². The summed E-state index contributed by atoms with van der Waals surface area (Å²) in [4.78, 5) is 11.4. The minimum Gasteiger partial charge on any atom is -0.469 e. The quantitative estimate of drug-likeness (QED) is 0.817. The summed E-state index contributed by atoms with van der Waals surface area (Å²) >= 11 is 0. The molecule has 1 rings (SSSR count). The Morgan fingerprint density at radius 3 is 2.33 bits per heavy atom. The summed E-state index contributed by atoms with van der Waals surface area (Å²) in [5.41, 5.74) is 0.762. The van der Waals surface area contributed by atoms with Gasteiger partial charge in [0.1, 0.15) is 0 Å². The maximum absolute atomic E-state index is 11.3. The summed E-state index contributed by atoms with van der Waals surface area (Å²) in [6.45, 7) is 2.19. The zero-order chi connectivity index (χ0) is 13.8. The van der Waals surface area contributed by atoms with Crippen LogP contribution in [-0.2, 0) is 19.4 Å². The molecule has 0 bridgehead atoms. The normalized spacial score (nSPS) is 12.8. The van der Waals surface area contributed by atoms with Crippen LogP contribution in [0.5, 0.6) is 0 Å². The minimum absolute atomic E-state index is 0.260. The number of esters is 1. The van der Waals surface area contributed by atoms with E-state index in [-0.39, 0.29) is 16.8 Å². The molecule has 100 valence electrons. The number of nitrogens with one attached hydrogen (secondary N) is 1. The second-order valence-electron chi connectivity index (χ2n) is 4.10. The molecule has 0 aliphatic carbocycles. The van der Waals surface area contributed by atoms with Crippen LogP contribution in [0.2, 0.25) is 0 Å². The second kappa shape index (κ2) is 5.86. The first kappa shape index (κ1) is 14.5. The maximum Gasteiger partial charge on any atom is 0.310 e. The van der Waals surface area contributed by atoms with Crippen LogP contribution >= 0.6 is 0 Å². The van der Waals surface area contributed by atoms with E-state index >= 15 is 0 Å². The van der Waals surface area contributed by atoms with Crippen molar-refractivity contribution in [1.82, 2.24) is 0 Å². The molecule has 0 aromatic heterocycles. The average Bonchev–Trinajstić information content (AvgIpc) is 2.34. The third kappa shape index (κ3) is 4.03. The molecule has 1 aromatic carbocycles. The standard InChI is InChI=1S/C12H17NO4S/c1-9(12(14)17-2)8-13-10-4-6-11(7-5-10)18(3,15)16/h4-7,9,13H,8H2,1-3H3. The summed E-state index contributed by atoms with van der Waals surface area (Å²) in [5, 5.41) is 3.04. The first-order valence-electron chi connectivity index (χ1n) is 5.46. The molecule has 1 aromatic rings. The van der Waals surface area contributed by atoms with Crippen LogP contribution in [0.25, 0.3) is 0 Å². The number of methoxy groups -OCH3 is 1. The van der Waals surface area contributed by atoms with Gasteiger partial charge >= 0.3 is 5.97 Å². The van der Waals surface area contributed by atoms with Gasteiger partial charge in [0.05, 0.1) is 17.9 Å². The molecule has 0 saturated heterocycles. The molecule has 0 fully saturated rings. The molecule has 1 unspecified atom stereocenters. The fourth-order valence-electron chi connectivity index (χ4n) is 1.38. The van der Waals surface area contributed by atoms with Crippen molar-refractivity contribution >= 4 is 21.5 Å². The highest BCUT2D eigenvalue weighted by atomic mass is 32.2. The molecule has 5 nitrogen and oxygen atoms in total. The first-order valence-corrected chi connectivity index (χ1v) is 7.35. The van der Waals surface area contributed by atoms with Crippen molar-refractivity contribution in [2.24, 2.45) is 5.92 Å². The molecule has 18 heavy (non-hydrogen) atoms. The van der Waals surface area contributed by atoms with E-state index in [2.05, 4.69) is 10.1 Å². The largest absolute Gasteiger partial charge is 0.469 e. The maximum atomic E-state index is 11.3. The van der Waals surface area contributed by atoms with Crippen molar-refractivity contribution in [3.63, 3.8) is 0 Å². The average molecular weight is 271 g/mol. The van der Waals surface area contributed by atoms with Gasteiger partial charge in [-0.05, 0) is 24.3 Å². The predicted octanol–water partition coefficient (Wildman–Crippen LogP) is 1.31. The molecule has 0 aliphatic rings. The van der Waals surface area contributed by atoms with Crippen molar-refractivity contribution in [2.45, 2.75) is 11.8 Å². The minimum atomic E-state index is -3.17. The smallest absolute Gasteiger partial charge is 0.310 e. The van der Waals surface area contributed by atoms with E-state index in [0.717, 1.165) is 11.9 Å². The van der Waals surface area contributed by atoms with Crippen molar-refractivity contribution in [3.05, 3.63) is 24.3 Å². The van der Waals surface area contributed by atoms with Crippen LogP contribution in [0.3, 0.4) is 0 Å². The molecule has 0 saturated carbocycles. The molecule has 6 heteroatoms. The molecular weight excluding hydrogens is 254 g/mol. The summed E-state index contributed by atoms with van der Waals surface area (Å²) in [5.74, 6) is -0.542. The Morgan fingerprint density at radius 2 is 1.89 bits per heavy atom. The van der Waals surface area contributed by atoms with Crippen LogP contribution in [0.1, 0.15) is 6.92 Å². The molecule has 1 atom stereocenters. The van der Waals surface area contributed by atoms with Gasteiger partial charge < -0.3 is 10.1 Å². The SMILES string of the molecule is COC(=O)C(C)CNc1ccc(S(C)(=O)=O)cc1. The summed E-state index contributed by atoms with van der Waals surface area (Å²) in [6, 6.07) is 6.39. The fraction of sp³-hybridized carbons (Fsp3) is 0.417. The lowest BCUT2D eigenvalue weighted by atomic mass is 10.2. The van der Waals surface area contributed by atoms with Gasteiger partial charge in [-0.15, -0.1) is 0 Å². The zero-order valence-corrected chi connectivity index (χ0v) is 11.5. The number of sulfone groups is 1. The van der Waals surface area contributed by atoms with Gasteiger partial charge in [-0.25, -0.2) is 8.42 Å². The summed E-state index contributed by atoms with van der Waals surface area (Å²) in [6.07, 6.45) is 1.16. The van der Waals surface area contributed by atoms with Crippen LogP contribution in [0, 0.1) is 5.92 Å². The van der Waals surface area contributed by atoms with E-state index < -0.39 is 9.84 Å². The first-order chi connectivity index (χ1) is 8.34. The molecule has 1 N–H and O–H groups in total. The van der Waals surface area contributed by atoms with Gasteiger partial charge in [-0.1, -0.05) is 6.92 Å². The highest BCUT2D eigenvalue weighted by Crippen LogP contribution is 2.14. The van der Waals surface area contributed by atoms with Crippen molar-refractivity contribution in [2.75, 3.05) is 25.2 Å². The number of hydrogen-bond donors (Lipinski definition) is 1. The van der Waals surface area contributed by atoms with Crippen molar-refractivity contribution in [3.8, 4) is 0 Å². The lowest BCUT2D eigenvalue weighted by Gasteiger charge is -2.11. The van der Waals surface area contributed by atoms with E-state index in [1.807, 2.05) is 0 Å². The van der Waals surface area contributed by atoms with E-state index in [1.54, 1.807) is 19.1 Å². The monoisotopic (exact) mass is 271 g/mol. The third-order valence-corrected chi connectivity index (χ3v) is 3.63.